The molecule has 11 heteroatoms. The van der Waals surface area contributed by atoms with E-state index in [9.17, 15) is 14.4 Å². The number of benzene rings is 2. The van der Waals surface area contributed by atoms with Gasteiger partial charge in [-0.2, -0.15) is 4.98 Å². The Balaban J connectivity index is 1.45. The Hall–Kier alpha value is -4.44. The quantitative estimate of drug-likeness (QED) is 0.258. The van der Waals surface area contributed by atoms with Crippen molar-refractivity contribution in [1.82, 2.24) is 19.9 Å². The SMILES string of the molecule is CC1(C)CCC(=O)Nc2ccc(Nc3ncc(Cl)c(Nc4ccccc4-c4cc(=O)[nH]c(=O)[nH]4)n3)cc21. The molecule has 188 valence electrons. The molecular weight excluding hydrogens is 494 g/mol. The lowest BCUT2D eigenvalue weighted by molar-refractivity contribution is -0.116. The molecule has 4 aromatic rings. The Labute approximate surface area is 216 Å². The first-order valence-electron chi connectivity index (χ1n) is 11.6. The van der Waals surface area contributed by atoms with Crippen molar-refractivity contribution in [2.75, 3.05) is 16.0 Å². The zero-order valence-corrected chi connectivity index (χ0v) is 20.9. The summed E-state index contributed by atoms with van der Waals surface area (Å²) in [5.74, 6) is 0.652. The van der Waals surface area contributed by atoms with E-state index in [0.717, 1.165) is 23.4 Å². The number of anilines is 5. The molecule has 0 saturated heterocycles. The first-order chi connectivity index (χ1) is 17.7. The van der Waals surface area contributed by atoms with E-state index in [2.05, 4.69) is 49.7 Å². The van der Waals surface area contributed by atoms with E-state index in [1.807, 2.05) is 24.3 Å². The van der Waals surface area contributed by atoms with Crippen LogP contribution in [0.25, 0.3) is 11.3 Å². The monoisotopic (exact) mass is 517 g/mol. The van der Waals surface area contributed by atoms with Crippen LogP contribution in [-0.2, 0) is 10.2 Å². The molecule has 0 fully saturated rings. The Morgan fingerprint density at radius 1 is 1.00 bits per heavy atom. The number of hydrogen-bond donors (Lipinski definition) is 5. The lowest BCUT2D eigenvalue weighted by atomic mass is 9.80. The Bertz CT molecular complexity index is 1600. The zero-order chi connectivity index (χ0) is 26.2. The number of aromatic nitrogens is 4. The van der Waals surface area contributed by atoms with E-state index in [1.165, 1.54) is 12.3 Å². The minimum Gasteiger partial charge on any atom is -0.338 e. The summed E-state index contributed by atoms with van der Waals surface area (Å²) in [4.78, 5) is 49.3. The van der Waals surface area contributed by atoms with Crippen LogP contribution in [0.3, 0.4) is 0 Å². The number of H-pyrrole nitrogens is 2. The van der Waals surface area contributed by atoms with E-state index in [-0.39, 0.29) is 16.3 Å². The number of nitrogens with one attached hydrogen (secondary N) is 5. The smallest absolute Gasteiger partial charge is 0.326 e. The van der Waals surface area contributed by atoms with Gasteiger partial charge in [0.05, 0.1) is 11.9 Å². The van der Waals surface area contributed by atoms with E-state index in [1.54, 1.807) is 18.2 Å². The van der Waals surface area contributed by atoms with Crippen LogP contribution in [0.4, 0.5) is 28.8 Å². The highest BCUT2D eigenvalue weighted by Gasteiger charge is 2.28. The van der Waals surface area contributed by atoms with E-state index in [0.29, 0.717) is 35.1 Å². The van der Waals surface area contributed by atoms with Crippen molar-refractivity contribution in [3.8, 4) is 11.3 Å². The van der Waals surface area contributed by atoms with Gasteiger partial charge in [-0.05, 0) is 41.7 Å². The van der Waals surface area contributed by atoms with E-state index >= 15 is 0 Å². The van der Waals surface area contributed by atoms with E-state index in [4.69, 9.17) is 11.6 Å². The highest BCUT2D eigenvalue weighted by molar-refractivity contribution is 6.33. The van der Waals surface area contributed by atoms with Gasteiger partial charge in [0, 0.05) is 35.1 Å². The molecule has 2 aromatic heterocycles. The first-order valence-corrected chi connectivity index (χ1v) is 12.0. The van der Waals surface area contributed by atoms with Crippen LogP contribution in [0, 0.1) is 0 Å². The lowest BCUT2D eigenvalue weighted by Gasteiger charge is -2.25. The molecule has 0 saturated carbocycles. The van der Waals surface area contributed by atoms with Gasteiger partial charge >= 0.3 is 5.69 Å². The minimum absolute atomic E-state index is 0.00810. The molecule has 5 rings (SSSR count). The summed E-state index contributed by atoms with van der Waals surface area (Å²) >= 11 is 6.39. The molecule has 1 aliphatic heterocycles. The number of para-hydroxylation sites is 1. The van der Waals surface area contributed by atoms with Gasteiger partial charge in [0.1, 0.15) is 5.02 Å². The molecule has 0 aliphatic carbocycles. The van der Waals surface area contributed by atoms with Crippen molar-refractivity contribution >= 4 is 46.3 Å². The fraction of sp³-hybridized carbons (Fsp3) is 0.192. The number of amides is 1. The molecule has 3 heterocycles. The maximum Gasteiger partial charge on any atom is 0.326 e. The topological polar surface area (TPSA) is 145 Å². The van der Waals surface area contributed by atoms with Gasteiger partial charge in [-0.25, -0.2) is 9.78 Å². The number of rotatable bonds is 5. The number of hydrogen-bond acceptors (Lipinski definition) is 7. The fourth-order valence-electron chi connectivity index (χ4n) is 4.28. The Morgan fingerprint density at radius 2 is 1.81 bits per heavy atom. The first kappa shape index (κ1) is 24.3. The van der Waals surface area contributed by atoms with E-state index < -0.39 is 11.2 Å². The van der Waals surface area contributed by atoms with Crippen LogP contribution in [0.2, 0.25) is 5.02 Å². The highest BCUT2D eigenvalue weighted by Crippen LogP contribution is 2.38. The van der Waals surface area contributed by atoms with Gasteiger partial charge in [0.2, 0.25) is 11.9 Å². The molecule has 0 bridgehead atoms. The molecule has 1 amide bonds. The predicted molar refractivity (Wildman–Crippen MR) is 144 cm³/mol. The van der Waals surface area contributed by atoms with Gasteiger partial charge in [-0.1, -0.05) is 43.6 Å². The lowest BCUT2D eigenvalue weighted by Crippen LogP contribution is -2.21. The van der Waals surface area contributed by atoms with Crippen molar-refractivity contribution in [1.29, 1.82) is 0 Å². The predicted octanol–water partition coefficient (Wildman–Crippen LogP) is 4.67. The summed E-state index contributed by atoms with van der Waals surface area (Å²) in [5, 5.41) is 9.64. The summed E-state index contributed by atoms with van der Waals surface area (Å²) in [7, 11) is 0. The summed E-state index contributed by atoms with van der Waals surface area (Å²) in [5.41, 5.74) is 2.79. The number of carbonyl (C=O) groups excluding carboxylic acids is 1. The maximum atomic E-state index is 12.1. The van der Waals surface area contributed by atoms with Crippen molar-refractivity contribution < 1.29 is 4.79 Å². The van der Waals surface area contributed by atoms with Crippen LogP contribution in [0.15, 0.2) is 64.3 Å². The largest absolute Gasteiger partial charge is 0.338 e. The summed E-state index contributed by atoms with van der Waals surface area (Å²) < 4.78 is 0. The molecule has 0 radical (unpaired) electrons. The third-order valence-electron chi connectivity index (χ3n) is 6.23. The van der Waals surface area contributed by atoms with Gasteiger partial charge in [-0.3, -0.25) is 14.6 Å². The summed E-state index contributed by atoms with van der Waals surface area (Å²) in [6.45, 7) is 4.23. The second kappa shape index (κ2) is 9.55. The second-order valence-corrected chi connectivity index (χ2v) is 9.79. The second-order valence-electron chi connectivity index (χ2n) is 9.38. The molecule has 0 atom stereocenters. The maximum absolute atomic E-state index is 12.1. The third kappa shape index (κ3) is 5.24. The molecule has 0 unspecified atom stereocenters. The molecular formula is C26H24ClN7O3. The number of aromatic amines is 2. The van der Waals surface area contributed by atoms with Crippen LogP contribution in [0.5, 0.6) is 0 Å². The number of halogens is 1. The van der Waals surface area contributed by atoms with Crippen LogP contribution in [0.1, 0.15) is 32.3 Å². The number of carbonyl (C=O) groups is 1. The third-order valence-corrected chi connectivity index (χ3v) is 6.51. The molecule has 10 nitrogen and oxygen atoms in total. The normalized spacial score (nSPS) is 14.3. The fourth-order valence-corrected chi connectivity index (χ4v) is 4.42. The molecule has 37 heavy (non-hydrogen) atoms. The molecule has 2 aromatic carbocycles. The molecule has 1 aliphatic rings. The van der Waals surface area contributed by atoms with Crippen molar-refractivity contribution in [3.05, 3.63) is 86.2 Å². The average molecular weight is 518 g/mol. The minimum atomic E-state index is -0.604. The van der Waals surface area contributed by atoms with Gasteiger partial charge in [0.25, 0.3) is 5.56 Å². The molecule has 5 N–H and O–H groups in total. The van der Waals surface area contributed by atoms with Gasteiger partial charge in [0.15, 0.2) is 5.82 Å². The number of nitrogens with zero attached hydrogens (tertiary/aromatic N) is 2. The van der Waals surface area contributed by atoms with Crippen LogP contribution in [-0.4, -0.2) is 25.8 Å². The van der Waals surface area contributed by atoms with Gasteiger partial charge < -0.3 is 20.9 Å². The standard InChI is InChI=1S/C26H24ClN7O3/c1-26(2)10-9-21(35)30-19-8-7-14(11-16(19)26)29-24-28-13-17(27)23(34-24)31-18-6-4-3-5-15(18)20-12-22(36)33-25(37)32-20/h3-8,11-13H,9-10H2,1-2H3,(H,30,35)(H2,28,29,31,34)(H2,32,33,36,37). The van der Waals surface area contributed by atoms with Crippen molar-refractivity contribution in [2.45, 2.75) is 32.1 Å². The average Bonchev–Trinajstić information content (AvgIpc) is 2.96. The highest BCUT2D eigenvalue weighted by atomic mass is 35.5. The van der Waals surface area contributed by atoms with Crippen LogP contribution >= 0.6 is 11.6 Å². The summed E-state index contributed by atoms with van der Waals surface area (Å²) in [6, 6.07) is 14.2. The van der Waals surface area contributed by atoms with Crippen molar-refractivity contribution in [2.24, 2.45) is 0 Å². The van der Waals surface area contributed by atoms with Gasteiger partial charge in [-0.15, -0.1) is 0 Å². The zero-order valence-electron chi connectivity index (χ0n) is 20.1. The molecule has 0 spiro atoms. The Kier molecular flexibility index (Phi) is 6.26. The summed E-state index contributed by atoms with van der Waals surface area (Å²) in [6.07, 6.45) is 2.68. The van der Waals surface area contributed by atoms with Crippen LogP contribution < -0.4 is 27.2 Å². The number of fused-ring (bicyclic) bond motifs is 1. The Morgan fingerprint density at radius 3 is 2.62 bits per heavy atom. The van der Waals surface area contributed by atoms with Crippen molar-refractivity contribution in [3.63, 3.8) is 0 Å².